The smallest absolute Gasteiger partial charge is 0.240 e. The average Bonchev–Trinajstić information content (AvgIpc) is 2.25. The van der Waals surface area contributed by atoms with E-state index in [1.54, 1.807) is 6.92 Å². The van der Waals surface area contributed by atoms with Crippen molar-refractivity contribution in [3.05, 3.63) is 29.8 Å². The molecule has 1 atom stereocenters. The predicted molar refractivity (Wildman–Crippen MR) is 72.5 cm³/mol. The molecule has 18 heavy (non-hydrogen) atoms. The summed E-state index contributed by atoms with van der Waals surface area (Å²) >= 11 is 0. The van der Waals surface area contributed by atoms with Gasteiger partial charge in [0.05, 0.1) is 0 Å². The lowest BCUT2D eigenvalue weighted by Crippen LogP contribution is -2.59. The molecule has 0 fully saturated rings. The van der Waals surface area contributed by atoms with E-state index >= 15 is 0 Å². The summed E-state index contributed by atoms with van der Waals surface area (Å²) in [5, 5.41) is 3.14. The number of carbonyl (C=O) groups is 1. The van der Waals surface area contributed by atoms with Gasteiger partial charge in [-0.25, -0.2) is 0 Å². The number of nitrogens with one attached hydrogen (secondary N) is 1. The molecule has 0 aromatic heterocycles. The lowest BCUT2D eigenvalue weighted by atomic mass is 10.0. The molecule has 0 spiro atoms. The first-order chi connectivity index (χ1) is 8.33. The van der Waals surface area contributed by atoms with E-state index in [1.165, 1.54) is 0 Å². The molecular formula is C14H22N2O2. The molecular weight excluding hydrogens is 228 g/mol. The normalized spacial score (nSPS) is 14.3. The van der Waals surface area contributed by atoms with E-state index < -0.39 is 11.4 Å². The van der Waals surface area contributed by atoms with Crippen molar-refractivity contribution >= 4 is 5.91 Å². The number of hydrogen-bond acceptors (Lipinski definition) is 3. The number of amides is 1. The van der Waals surface area contributed by atoms with Crippen molar-refractivity contribution in [2.24, 2.45) is 5.73 Å². The van der Waals surface area contributed by atoms with Crippen LogP contribution in [-0.2, 0) is 4.79 Å². The summed E-state index contributed by atoms with van der Waals surface area (Å²) in [6.45, 7) is 7.89. The topological polar surface area (TPSA) is 64.3 Å². The zero-order valence-electron chi connectivity index (χ0n) is 11.5. The molecule has 0 aliphatic carbocycles. The summed E-state index contributed by atoms with van der Waals surface area (Å²) in [6.07, 6.45) is 0. The van der Waals surface area contributed by atoms with Gasteiger partial charge in [-0.2, -0.15) is 0 Å². The highest BCUT2D eigenvalue weighted by Crippen LogP contribution is 2.15. The van der Waals surface area contributed by atoms with Crippen molar-refractivity contribution < 1.29 is 9.53 Å². The standard InChI is InChI=1S/C14H22N2O2/c1-10(2)16-14(4,13(15)17)9-18-12-7-5-6-11(3)8-12/h5-8,10,16H,9H2,1-4H3,(H2,15,17). The second kappa shape index (κ2) is 5.87. The number of rotatable bonds is 6. The largest absolute Gasteiger partial charge is 0.491 e. The van der Waals surface area contributed by atoms with E-state index in [0.29, 0.717) is 0 Å². The third-order valence-electron chi connectivity index (χ3n) is 2.67. The van der Waals surface area contributed by atoms with Gasteiger partial charge in [-0.1, -0.05) is 12.1 Å². The summed E-state index contributed by atoms with van der Waals surface area (Å²) in [5.41, 5.74) is 5.68. The average molecular weight is 250 g/mol. The Balaban J connectivity index is 2.71. The van der Waals surface area contributed by atoms with Gasteiger partial charge in [-0.3, -0.25) is 10.1 Å². The van der Waals surface area contributed by atoms with Crippen LogP contribution in [-0.4, -0.2) is 24.1 Å². The Bertz CT molecular complexity index is 418. The summed E-state index contributed by atoms with van der Waals surface area (Å²) in [6, 6.07) is 7.86. The molecule has 0 aliphatic heterocycles. The summed E-state index contributed by atoms with van der Waals surface area (Å²) in [5.74, 6) is 0.330. The fraction of sp³-hybridized carbons (Fsp3) is 0.500. The predicted octanol–water partition coefficient (Wildman–Crippen LogP) is 1.62. The first-order valence-electron chi connectivity index (χ1n) is 6.10. The van der Waals surface area contributed by atoms with Gasteiger partial charge in [0.15, 0.2) is 0 Å². The van der Waals surface area contributed by atoms with Crippen molar-refractivity contribution in [2.45, 2.75) is 39.3 Å². The van der Waals surface area contributed by atoms with Crippen LogP contribution >= 0.6 is 0 Å². The quantitative estimate of drug-likeness (QED) is 0.806. The number of benzene rings is 1. The Hall–Kier alpha value is -1.55. The van der Waals surface area contributed by atoms with Crippen LogP contribution in [0.1, 0.15) is 26.3 Å². The summed E-state index contributed by atoms with van der Waals surface area (Å²) in [4.78, 5) is 11.5. The van der Waals surface area contributed by atoms with Gasteiger partial charge >= 0.3 is 0 Å². The maximum absolute atomic E-state index is 11.5. The molecule has 4 nitrogen and oxygen atoms in total. The molecule has 1 unspecified atom stereocenters. The van der Waals surface area contributed by atoms with Gasteiger partial charge in [-0.05, 0) is 45.4 Å². The van der Waals surface area contributed by atoms with Crippen LogP contribution < -0.4 is 15.8 Å². The Labute approximate surface area is 109 Å². The summed E-state index contributed by atoms with van der Waals surface area (Å²) in [7, 11) is 0. The molecule has 0 saturated heterocycles. The molecule has 1 aromatic carbocycles. The van der Waals surface area contributed by atoms with Crippen molar-refractivity contribution in [3.8, 4) is 5.75 Å². The number of carbonyl (C=O) groups excluding carboxylic acids is 1. The van der Waals surface area contributed by atoms with E-state index in [9.17, 15) is 4.79 Å². The number of ether oxygens (including phenoxy) is 1. The third-order valence-corrected chi connectivity index (χ3v) is 2.67. The van der Waals surface area contributed by atoms with Crippen LogP contribution in [0.5, 0.6) is 5.75 Å². The second-order valence-electron chi connectivity index (χ2n) is 5.10. The maximum Gasteiger partial charge on any atom is 0.240 e. The molecule has 4 heteroatoms. The van der Waals surface area contributed by atoms with Crippen molar-refractivity contribution in [3.63, 3.8) is 0 Å². The fourth-order valence-electron chi connectivity index (χ4n) is 1.75. The molecule has 0 saturated carbocycles. The van der Waals surface area contributed by atoms with Crippen LogP contribution in [0, 0.1) is 6.92 Å². The molecule has 0 heterocycles. The van der Waals surface area contributed by atoms with Gasteiger partial charge in [0.1, 0.15) is 17.9 Å². The van der Waals surface area contributed by atoms with E-state index in [-0.39, 0.29) is 12.6 Å². The van der Waals surface area contributed by atoms with Gasteiger partial charge in [-0.15, -0.1) is 0 Å². The van der Waals surface area contributed by atoms with E-state index in [4.69, 9.17) is 10.5 Å². The maximum atomic E-state index is 11.5. The minimum Gasteiger partial charge on any atom is -0.491 e. The molecule has 0 aliphatic rings. The molecule has 3 N–H and O–H groups in total. The van der Waals surface area contributed by atoms with Crippen molar-refractivity contribution in [1.29, 1.82) is 0 Å². The van der Waals surface area contributed by atoms with Crippen molar-refractivity contribution in [2.75, 3.05) is 6.61 Å². The highest BCUT2D eigenvalue weighted by Gasteiger charge is 2.32. The minimum absolute atomic E-state index is 0.156. The zero-order chi connectivity index (χ0) is 13.8. The van der Waals surface area contributed by atoms with Gasteiger partial charge in [0.25, 0.3) is 0 Å². The highest BCUT2D eigenvalue weighted by molar-refractivity contribution is 5.84. The molecule has 1 amide bonds. The van der Waals surface area contributed by atoms with Crippen LogP contribution in [0.15, 0.2) is 24.3 Å². The Kier molecular flexibility index (Phi) is 4.73. The van der Waals surface area contributed by atoms with Gasteiger partial charge in [0.2, 0.25) is 5.91 Å². The Morgan fingerprint density at radius 2 is 2.17 bits per heavy atom. The van der Waals surface area contributed by atoms with Crippen LogP contribution in [0.2, 0.25) is 0 Å². The fourth-order valence-corrected chi connectivity index (χ4v) is 1.75. The molecule has 0 bridgehead atoms. The molecule has 1 aromatic rings. The monoisotopic (exact) mass is 250 g/mol. The van der Waals surface area contributed by atoms with Crippen LogP contribution in [0.3, 0.4) is 0 Å². The first kappa shape index (κ1) is 14.5. The lowest BCUT2D eigenvalue weighted by Gasteiger charge is -2.29. The SMILES string of the molecule is Cc1cccc(OCC(C)(NC(C)C)C(N)=O)c1. The molecule has 1 rings (SSSR count). The summed E-state index contributed by atoms with van der Waals surface area (Å²) < 4.78 is 5.65. The number of hydrogen-bond donors (Lipinski definition) is 2. The minimum atomic E-state index is -0.863. The number of nitrogens with two attached hydrogens (primary N) is 1. The Morgan fingerprint density at radius 1 is 1.50 bits per heavy atom. The van der Waals surface area contributed by atoms with Gasteiger partial charge in [0, 0.05) is 6.04 Å². The third kappa shape index (κ3) is 4.04. The highest BCUT2D eigenvalue weighted by atomic mass is 16.5. The van der Waals surface area contributed by atoms with Gasteiger partial charge < -0.3 is 10.5 Å². The van der Waals surface area contributed by atoms with E-state index in [0.717, 1.165) is 11.3 Å². The number of aryl methyl sites for hydroxylation is 1. The van der Waals surface area contributed by atoms with Crippen LogP contribution in [0.25, 0.3) is 0 Å². The van der Waals surface area contributed by atoms with E-state index in [2.05, 4.69) is 5.32 Å². The Morgan fingerprint density at radius 3 is 2.67 bits per heavy atom. The number of primary amides is 1. The lowest BCUT2D eigenvalue weighted by molar-refractivity contribution is -0.125. The second-order valence-corrected chi connectivity index (χ2v) is 5.10. The van der Waals surface area contributed by atoms with E-state index in [1.807, 2.05) is 45.0 Å². The molecule has 100 valence electrons. The zero-order valence-corrected chi connectivity index (χ0v) is 11.5. The van der Waals surface area contributed by atoms with Crippen LogP contribution in [0.4, 0.5) is 0 Å². The molecule has 0 radical (unpaired) electrons. The van der Waals surface area contributed by atoms with Crippen molar-refractivity contribution in [1.82, 2.24) is 5.32 Å². The first-order valence-corrected chi connectivity index (χ1v) is 6.10.